The van der Waals surface area contributed by atoms with E-state index in [9.17, 15) is 4.79 Å². The van der Waals surface area contributed by atoms with Crippen molar-refractivity contribution in [3.63, 3.8) is 0 Å². The molecule has 1 aliphatic rings. The maximum Gasteiger partial charge on any atom is 0.261 e. The summed E-state index contributed by atoms with van der Waals surface area (Å²) < 4.78 is 10.9. The summed E-state index contributed by atoms with van der Waals surface area (Å²) in [4.78, 5) is 18.0. The second-order valence-electron chi connectivity index (χ2n) is 6.01. The number of amides is 1. The lowest BCUT2D eigenvalue weighted by Crippen LogP contribution is -2.14. The molecular weight excluding hydrogens is 374 g/mol. The van der Waals surface area contributed by atoms with Gasteiger partial charge in [0.1, 0.15) is 5.00 Å². The second kappa shape index (κ2) is 7.19. The largest absolute Gasteiger partial charge is 0.376 e. The number of benzene rings is 1. The van der Waals surface area contributed by atoms with Gasteiger partial charge in [-0.05, 0) is 36.6 Å². The van der Waals surface area contributed by atoms with Crippen molar-refractivity contribution in [1.82, 2.24) is 10.1 Å². The number of carbonyl (C=O) groups excluding carboxylic acids is 1. The molecule has 1 aliphatic heterocycles. The van der Waals surface area contributed by atoms with Crippen molar-refractivity contribution in [1.29, 1.82) is 0 Å². The average Bonchev–Trinajstić information content (AvgIpc) is 3.19. The monoisotopic (exact) mass is 389 g/mol. The van der Waals surface area contributed by atoms with Crippen molar-refractivity contribution >= 4 is 33.8 Å². The third-order valence-electron chi connectivity index (χ3n) is 4.09. The van der Waals surface area contributed by atoms with Crippen molar-refractivity contribution in [2.24, 2.45) is 0 Å². The van der Waals surface area contributed by atoms with Crippen LogP contribution >= 0.6 is 22.9 Å². The molecule has 4 rings (SSSR count). The first-order chi connectivity index (χ1) is 12.6. The molecule has 0 fully saturated rings. The third kappa shape index (κ3) is 3.51. The molecule has 3 heterocycles. The molecule has 26 heavy (non-hydrogen) atoms. The molecule has 1 N–H and O–H groups in total. The SMILES string of the molecule is Cc1noc(-c2c(NC(=O)Cc3ccc(Cl)cc3)sc3c2CCOC3)n1. The molecule has 0 bridgehead atoms. The van der Waals surface area contributed by atoms with Gasteiger partial charge in [0.05, 0.1) is 25.2 Å². The first kappa shape index (κ1) is 17.2. The van der Waals surface area contributed by atoms with Gasteiger partial charge in [0.2, 0.25) is 5.91 Å². The molecular formula is C18H16ClN3O3S. The van der Waals surface area contributed by atoms with Crippen LogP contribution < -0.4 is 5.32 Å². The van der Waals surface area contributed by atoms with E-state index in [1.165, 1.54) is 11.3 Å². The molecule has 0 radical (unpaired) electrons. The van der Waals surface area contributed by atoms with Gasteiger partial charge in [0.25, 0.3) is 5.89 Å². The molecule has 0 spiro atoms. The van der Waals surface area contributed by atoms with Crippen molar-refractivity contribution in [2.75, 3.05) is 11.9 Å². The van der Waals surface area contributed by atoms with E-state index in [0.717, 1.165) is 33.0 Å². The van der Waals surface area contributed by atoms with Crippen LogP contribution in [0.15, 0.2) is 28.8 Å². The number of halogens is 1. The zero-order valence-electron chi connectivity index (χ0n) is 14.0. The lowest BCUT2D eigenvalue weighted by Gasteiger charge is -2.12. The zero-order valence-corrected chi connectivity index (χ0v) is 15.6. The zero-order chi connectivity index (χ0) is 18.1. The summed E-state index contributed by atoms with van der Waals surface area (Å²) in [5.74, 6) is 0.887. The summed E-state index contributed by atoms with van der Waals surface area (Å²) in [5.41, 5.74) is 2.83. The van der Waals surface area contributed by atoms with E-state index < -0.39 is 0 Å². The normalized spacial score (nSPS) is 13.5. The van der Waals surface area contributed by atoms with Crippen LogP contribution in [0, 0.1) is 6.92 Å². The van der Waals surface area contributed by atoms with Crippen LogP contribution in [0.5, 0.6) is 0 Å². The quantitative estimate of drug-likeness (QED) is 0.729. The number of carbonyl (C=O) groups is 1. The Balaban J connectivity index is 1.62. The van der Waals surface area contributed by atoms with Gasteiger partial charge in [0, 0.05) is 9.90 Å². The molecule has 0 saturated heterocycles. The topological polar surface area (TPSA) is 77.2 Å². The van der Waals surface area contributed by atoms with E-state index in [1.54, 1.807) is 19.1 Å². The third-order valence-corrected chi connectivity index (χ3v) is 5.47. The predicted molar refractivity (Wildman–Crippen MR) is 99.5 cm³/mol. The minimum atomic E-state index is -0.107. The van der Waals surface area contributed by atoms with Crippen molar-refractivity contribution in [3.8, 4) is 11.5 Å². The molecule has 0 saturated carbocycles. The van der Waals surface area contributed by atoms with Gasteiger partial charge in [-0.15, -0.1) is 11.3 Å². The number of fused-ring (bicyclic) bond motifs is 1. The van der Waals surface area contributed by atoms with Gasteiger partial charge < -0.3 is 14.6 Å². The number of anilines is 1. The number of thiophene rings is 1. The second-order valence-corrected chi connectivity index (χ2v) is 7.55. The van der Waals surface area contributed by atoms with Crippen LogP contribution in [0.4, 0.5) is 5.00 Å². The minimum Gasteiger partial charge on any atom is -0.376 e. The molecule has 3 aromatic rings. The fourth-order valence-electron chi connectivity index (χ4n) is 2.90. The fourth-order valence-corrected chi connectivity index (χ4v) is 4.22. The summed E-state index contributed by atoms with van der Waals surface area (Å²) in [6.45, 7) is 2.95. The summed E-state index contributed by atoms with van der Waals surface area (Å²) in [6.07, 6.45) is 1.02. The molecule has 1 amide bonds. The molecule has 0 aliphatic carbocycles. The maximum atomic E-state index is 12.5. The Morgan fingerprint density at radius 2 is 2.15 bits per heavy atom. The molecule has 2 aromatic heterocycles. The first-order valence-electron chi connectivity index (χ1n) is 8.17. The minimum absolute atomic E-state index is 0.107. The highest BCUT2D eigenvalue weighted by molar-refractivity contribution is 7.17. The highest BCUT2D eigenvalue weighted by Crippen LogP contribution is 2.42. The number of ether oxygens (including phenoxy) is 1. The van der Waals surface area contributed by atoms with Gasteiger partial charge in [-0.2, -0.15) is 4.98 Å². The standard InChI is InChI=1S/C18H16ClN3O3S/c1-10-20-17(25-22-10)16-13-6-7-24-9-14(13)26-18(16)21-15(23)8-11-2-4-12(19)5-3-11/h2-5H,6-9H2,1H3,(H,21,23). The van der Waals surface area contributed by atoms with Crippen molar-refractivity contribution in [3.05, 3.63) is 51.1 Å². The Morgan fingerprint density at radius 3 is 2.88 bits per heavy atom. The molecule has 6 nitrogen and oxygen atoms in total. The van der Waals surface area contributed by atoms with Crippen LogP contribution in [0.1, 0.15) is 21.8 Å². The van der Waals surface area contributed by atoms with Crippen LogP contribution in [0.2, 0.25) is 5.02 Å². The number of hydrogen-bond acceptors (Lipinski definition) is 6. The average molecular weight is 390 g/mol. The summed E-state index contributed by atoms with van der Waals surface area (Å²) in [5, 5.41) is 8.25. The van der Waals surface area contributed by atoms with E-state index in [1.807, 2.05) is 12.1 Å². The van der Waals surface area contributed by atoms with Gasteiger partial charge in [-0.25, -0.2) is 0 Å². The van der Waals surface area contributed by atoms with Gasteiger partial charge >= 0.3 is 0 Å². The number of aromatic nitrogens is 2. The number of rotatable bonds is 4. The van der Waals surface area contributed by atoms with Crippen molar-refractivity contribution < 1.29 is 14.1 Å². The van der Waals surface area contributed by atoms with Crippen molar-refractivity contribution in [2.45, 2.75) is 26.4 Å². The van der Waals surface area contributed by atoms with Crippen LogP contribution in [0.25, 0.3) is 11.5 Å². The Morgan fingerprint density at radius 1 is 1.35 bits per heavy atom. The van der Waals surface area contributed by atoms with E-state index in [4.69, 9.17) is 20.9 Å². The van der Waals surface area contributed by atoms with Crippen LogP contribution in [-0.4, -0.2) is 22.7 Å². The Kier molecular flexibility index (Phi) is 4.76. The fraction of sp³-hybridized carbons (Fsp3) is 0.278. The predicted octanol–water partition coefficient (Wildman–Crippen LogP) is 4.01. The highest BCUT2D eigenvalue weighted by Gasteiger charge is 2.26. The van der Waals surface area contributed by atoms with Gasteiger partial charge in [-0.3, -0.25) is 4.79 Å². The smallest absolute Gasteiger partial charge is 0.261 e. The lowest BCUT2D eigenvalue weighted by molar-refractivity contribution is -0.115. The van der Waals surface area contributed by atoms with Gasteiger partial charge in [-0.1, -0.05) is 28.9 Å². The molecule has 134 valence electrons. The maximum absolute atomic E-state index is 12.5. The van der Waals surface area contributed by atoms with E-state index in [0.29, 0.717) is 30.0 Å². The Labute approximate surface area is 159 Å². The molecule has 0 unspecified atom stereocenters. The number of hydrogen-bond donors (Lipinski definition) is 1. The lowest BCUT2D eigenvalue weighted by atomic mass is 10.1. The summed E-state index contributed by atoms with van der Waals surface area (Å²) in [7, 11) is 0. The summed E-state index contributed by atoms with van der Waals surface area (Å²) in [6, 6.07) is 7.24. The summed E-state index contributed by atoms with van der Waals surface area (Å²) >= 11 is 7.39. The molecule has 0 atom stereocenters. The first-order valence-corrected chi connectivity index (χ1v) is 9.37. The Bertz CT molecular complexity index is 949. The van der Waals surface area contributed by atoms with E-state index in [2.05, 4.69) is 15.5 Å². The molecule has 1 aromatic carbocycles. The molecule has 8 heteroatoms. The highest BCUT2D eigenvalue weighted by atomic mass is 35.5. The Hall–Kier alpha value is -2.22. The van der Waals surface area contributed by atoms with Gasteiger partial charge in [0.15, 0.2) is 5.82 Å². The number of nitrogens with zero attached hydrogens (tertiary/aromatic N) is 2. The number of nitrogens with one attached hydrogen (secondary N) is 1. The van der Waals surface area contributed by atoms with Crippen LogP contribution in [0.3, 0.4) is 0 Å². The number of aryl methyl sites for hydroxylation is 1. The van der Waals surface area contributed by atoms with Crippen LogP contribution in [-0.2, 0) is 29.0 Å². The van der Waals surface area contributed by atoms with E-state index >= 15 is 0 Å². The van der Waals surface area contributed by atoms with E-state index in [-0.39, 0.29) is 12.3 Å².